The van der Waals surface area contributed by atoms with Gasteiger partial charge in [-0.15, -0.1) is 0 Å². The minimum Gasteiger partial charge on any atom is -0.342 e. The first-order chi connectivity index (χ1) is 10.7. The number of likely N-dealkylation sites (tertiary alicyclic amines) is 1. The first kappa shape index (κ1) is 14.4. The van der Waals surface area contributed by atoms with Crippen LogP contribution in [0.25, 0.3) is 0 Å². The zero-order chi connectivity index (χ0) is 15.3. The summed E-state index contributed by atoms with van der Waals surface area (Å²) in [5, 5.41) is 7.34. The van der Waals surface area contributed by atoms with Gasteiger partial charge in [0.05, 0.1) is 0 Å². The third kappa shape index (κ3) is 2.23. The maximum atomic E-state index is 12.8. The highest BCUT2D eigenvalue weighted by molar-refractivity contribution is 7.71. The number of H-pyrrole nitrogens is 1. The Morgan fingerprint density at radius 3 is 2.82 bits per heavy atom. The summed E-state index contributed by atoms with van der Waals surface area (Å²) < 4.78 is 2.76. The number of aromatic amines is 1. The van der Waals surface area contributed by atoms with E-state index in [1.165, 1.54) is 19.3 Å². The Morgan fingerprint density at radius 1 is 1.32 bits per heavy atom. The van der Waals surface area contributed by atoms with Crippen molar-refractivity contribution in [3.05, 3.63) is 10.6 Å². The number of amides is 1. The molecule has 0 spiro atoms. The van der Waals surface area contributed by atoms with Crippen LogP contribution in [0, 0.1) is 22.5 Å². The lowest BCUT2D eigenvalue weighted by Gasteiger charge is -2.33. The number of hydrogen-bond acceptors (Lipinski definition) is 3. The summed E-state index contributed by atoms with van der Waals surface area (Å²) in [5.74, 6) is 3.53. The lowest BCUT2D eigenvalue weighted by atomic mass is 9.96. The third-order valence-electron chi connectivity index (χ3n) is 5.89. The van der Waals surface area contributed by atoms with E-state index in [9.17, 15) is 4.79 Å². The van der Waals surface area contributed by atoms with Gasteiger partial charge in [0.2, 0.25) is 5.91 Å². The van der Waals surface area contributed by atoms with Gasteiger partial charge in [0.25, 0.3) is 0 Å². The van der Waals surface area contributed by atoms with Crippen LogP contribution in [-0.2, 0) is 11.3 Å². The van der Waals surface area contributed by atoms with Crippen LogP contribution < -0.4 is 0 Å². The van der Waals surface area contributed by atoms with Gasteiger partial charge >= 0.3 is 0 Å². The molecule has 120 valence electrons. The fourth-order valence-corrected chi connectivity index (χ4v) is 5.00. The Labute approximate surface area is 136 Å². The van der Waals surface area contributed by atoms with E-state index in [-0.39, 0.29) is 0 Å². The predicted octanol–water partition coefficient (Wildman–Crippen LogP) is 2.71. The molecule has 0 bridgehead atoms. The highest BCUT2D eigenvalue weighted by atomic mass is 32.1. The van der Waals surface area contributed by atoms with Crippen LogP contribution in [0.5, 0.6) is 0 Å². The molecule has 1 aliphatic heterocycles. The molecule has 3 fully saturated rings. The van der Waals surface area contributed by atoms with Gasteiger partial charge < -0.3 is 9.47 Å². The zero-order valence-electron chi connectivity index (χ0n) is 13.1. The van der Waals surface area contributed by atoms with Crippen molar-refractivity contribution in [1.29, 1.82) is 0 Å². The summed E-state index contributed by atoms with van der Waals surface area (Å²) in [6, 6.07) is 0. The molecule has 0 aromatic carbocycles. The molecule has 1 aromatic rings. The number of nitrogens with one attached hydrogen (secondary N) is 1. The van der Waals surface area contributed by atoms with E-state index in [1.54, 1.807) is 0 Å². The van der Waals surface area contributed by atoms with Crippen molar-refractivity contribution in [2.45, 2.75) is 51.5 Å². The Hall–Kier alpha value is -1.17. The number of fused-ring (bicyclic) bond motifs is 1. The van der Waals surface area contributed by atoms with E-state index >= 15 is 0 Å². The van der Waals surface area contributed by atoms with E-state index < -0.39 is 0 Å². The molecule has 3 aliphatic rings. The molecule has 1 amide bonds. The van der Waals surface area contributed by atoms with Crippen molar-refractivity contribution in [3.8, 4) is 0 Å². The van der Waals surface area contributed by atoms with Gasteiger partial charge in [-0.05, 0) is 56.7 Å². The Kier molecular flexibility index (Phi) is 3.59. The number of nitrogens with zero attached hydrogens (tertiary/aromatic N) is 3. The molecule has 2 heterocycles. The average molecular weight is 320 g/mol. The van der Waals surface area contributed by atoms with Gasteiger partial charge in [-0.25, -0.2) is 0 Å². The quantitative estimate of drug-likeness (QED) is 0.871. The number of rotatable bonds is 3. The molecule has 6 heteroatoms. The van der Waals surface area contributed by atoms with Crippen molar-refractivity contribution < 1.29 is 4.79 Å². The topological polar surface area (TPSA) is 53.9 Å². The van der Waals surface area contributed by atoms with Crippen molar-refractivity contribution in [3.63, 3.8) is 0 Å². The van der Waals surface area contributed by atoms with Crippen LogP contribution in [-0.4, -0.2) is 38.7 Å². The summed E-state index contributed by atoms with van der Waals surface area (Å²) >= 11 is 5.29. The van der Waals surface area contributed by atoms with E-state index in [0.29, 0.717) is 34.3 Å². The molecule has 1 aromatic heterocycles. The molecule has 2 saturated carbocycles. The second-order valence-corrected chi connectivity index (χ2v) is 7.43. The smallest absolute Gasteiger partial charge is 0.226 e. The van der Waals surface area contributed by atoms with Crippen LogP contribution in [0.4, 0.5) is 0 Å². The molecule has 1 N–H and O–H groups in total. The maximum absolute atomic E-state index is 12.8. The molecule has 2 aliphatic carbocycles. The Morgan fingerprint density at radius 2 is 2.09 bits per heavy atom. The summed E-state index contributed by atoms with van der Waals surface area (Å²) in [6.07, 6.45) is 6.04. The molecule has 3 unspecified atom stereocenters. The largest absolute Gasteiger partial charge is 0.342 e. The molecule has 0 radical (unpaired) electrons. The highest BCUT2D eigenvalue weighted by Crippen LogP contribution is 2.58. The number of carbonyl (C=O) groups is 1. The van der Waals surface area contributed by atoms with Crippen molar-refractivity contribution in [2.75, 3.05) is 13.1 Å². The second kappa shape index (κ2) is 5.48. The van der Waals surface area contributed by atoms with Crippen LogP contribution >= 0.6 is 12.2 Å². The van der Waals surface area contributed by atoms with Crippen molar-refractivity contribution in [2.24, 2.45) is 17.8 Å². The molecule has 5 nitrogen and oxygen atoms in total. The fourth-order valence-electron chi connectivity index (χ4n) is 4.73. The summed E-state index contributed by atoms with van der Waals surface area (Å²) in [4.78, 5) is 14.9. The van der Waals surface area contributed by atoms with Gasteiger partial charge in [-0.2, -0.15) is 5.10 Å². The van der Waals surface area contributed by atoms with Crippen LogP contribution in [0.15, 0.2) is 0 Å². The van der Waals surface area contributed by atoms with E-state index in [4.69, 9.17) is 12.2 Å². The summed E-state index contributed by atoms with van der Waals surface area (Å²) in [7, 11) is 0. The minimum absolute atomic E-state index is 0.323. The summed E-state index contributed by atoms with van der Waals surface area (Å²) in [6.45, 7) is 4.66. The fraction of sp³-hybridized carbons (Fsp3) is 0.812. The Balaban J connectivity index is 1.48. The molecule has 4 rings (SSSR count). The molecular formula is C16H24N4OS. The van der Waals surface area contributed by atoms with Crippen molar-refractivity contribution in [1.82, 2.24) is 19.7 Å². The van der Waals surface area contributed by atoms with Gasteiger partial charge in [0.15, 0.2) is 4.77 Å². The normalized spacial score (nSPS) is 33.8. The highest BCUT2D eigenvalue weighted by Gasteiger charge is 2.57. The van der Waals surface area contributed by atoms with E-state index in [2.05, 4.69) is 26.6 Å². The van der Waals surface area contributed by atoms with Crippen LogP contribution in [0.1, 0.15) is 50.8 Å². The molecule has 22 heavy (non-hydrogen) atoms. The van der Waals surface area contributed by atoms with E-state index in [1.807, 2.05) is 0 Å². The second-order valence-electron chi connectivity index (χ2n) is 7.04. The average Bonchev–Trinajstić information content (AvgIpc) is 2.88. The lowest BCUT2D eigenvalue weighted by Crippen LogP contribution is -2.41. The van der Waals surface area contributed by atoms with Crippen molar-refractivity contribution >= 4 is 18.1 Å². The van der Waals surface area contributed by atoms with Gasteiger partial charge in [-0.3, -0.25) is 9.89 Å². The number of hydrogen-bond donors (Lipinski definition) is 1. The standard InChI is InChI=1S/C16H24N4OS/c1-2-20-14(17-18-16(20)22)10-5-4-8-19(9-10)15(21)13-11-6-3-7-12(11)13/h10-13H,2-9H2,1H3,(H,18,22). The van der Waals surface area contributed by atoms with Crippen LogP contribution in [0.2, 0.25) is 0 Å². The molecule has 3 atom stereocenters. The number of carbonyl (C=O) groups excluding carboxylic acids is 1. The number of piperidine rings is 1. The SMILES string of the molecule is CCn1c(C2CCCN(C(=O)C3C4CCCC43)C2)n[nH]c1=S. The van der Waals surface area contributed by atoms with Crippen LogP contribution in [0.3, 0.4) is 0 Å². The number of aromatic nitrogens is 3. The summed E-state index contributed by atoms with van der Waals surface area (Å²) in [5.41, 5.74) is 0. The molecule has 1 saturated heterocycles. The van der Waals surface area contributed by atoms with E-state index in [0.717, 1.165) is 38.3 Å². The molecular weight excluding hydrogens is 296 g/mol. The first-order valence-corrected chi connectivity index (χ1v) is 9.05. The maximum Gasteiger partial charge on any atom is 0.226 e. The monoisotopic (exact) mass is 320 g/mol. The first-order valence-electron chi connectivity index (χ1n) is 8.64. The third-order valence-corrected chi connectivity index (χ3v) is 6.21. The Bertz CT molecular complexity index is 626. The minimum atomic E-state index is 0.323. The van der Waals surface area contributed by atoms with Gasteiger partial charge in [0, 0.05) is 31.5 Å². The predicted molar refractivity (Wildman–Crippen MR) is 86.0 cm³/mol. The van der Waals surface area contributed by atoms with Gasteiger partial charge in [0.1, 0.15) is 5.82 Å². The lowest BCUT2D eigenvalue weighted by molar-refractivity contribution is -0.134. The van der Waals surface area contributed by atoms with Gasteiger partial charge in [-0.1, -0.05) is 6.42 Å². The zero-order valence-corrected chi connectivity index (χ0v) is 13.9.